The number of carbonyl (C=O) groups excluding carboxylic acids is 4. The number of fused-ring (bicyclic) bond motifs is 1. The highest BCUT2D eigenvalue weighted by atomic mass is 32.2. The van der Waals surface area contributed by atoms with E-state index in [4.69, 9.17) is 44.5 Å². The van der Waals surface area contributed by atoms with Crippen molar-refractivity contribution in [2.24, 2.45) is 23.7 Å². The van der Waals surface area contributed by atoms with Crippen LogP contribution < -0.4 is 28.4 Å². The summed E-state index contributed by atoms with van der Waals surface area (Å²) in [7, 11) is 0. The molecule has 3 aromatic carbocycles. The third-order valence-corrected chi connectivity index (χ3v) is 15.3. The summed E-state index contributed by atoms with van der Waals surface area (Å²) in [6.45, 7) is 17.2. The Kier molecular flexibility index (Phi) is 22.8. The van der Waals surface area contributed by atoms with Crippen molar-refractivity contribution in [1.82, 2.24) is 0 Å². The molecule has 16 heteroatoms. The van der Waals surface area contributed by atoms with Gasteiger partial charge in [0.1, 0.15) is 34.5 Å². The minimum absolute atomic E-state index is 0.0257. The van der Waals surface area contributed by atoms with Crippen molar-refractivity contribution < 1.29 is 57.1 Å². The molecule has 14 nitrogen and oxygen atoms in total. The van der Waals surface area contributed by atoms with Gasteiger partial charge in [-0.25, -0.2) is 19.7 Å². The van der Waals surface area contributed by atoms with Crippen LogP contribution in [-0.2, 0) is 28.7 Å². The number of unbranched alkanes of at least 4 members (excludes halogenated alkanes) is 6. The highest BCUT2D eigenvalue weighted by Crippen LogP contribution is 2.59. The molecule has 72 heavy (non-hydrogen) atoms. The topological polar surface area (TPSA) is 170 Å². The Balaban J connectivity index is 0.889. The summed E-state index contributed by atoms with van der Waals surface area (Å²) in [4.78, 5) is 53.6. The lowest BCUT2D eigenvalue weighted by Gasteiger charge is -2.28. The smallest absolute Gasteiger partial charge is 0.330 e. The van der Waals surface area contributed by atoms with Crippen LogP contribution in [0.5, 0.6) is 34.5 Å². The van der Waals surface area contributed by atoms with Crippen LogP contribution in [0.25, 0.3) is 4.85 Å². The van der Waals surface area contributed by atoms with Crippen molar-refractivity contribution >= 4 is 47.4 Å². The standard InChI is InChI=1S/C56H64N2O12S2/c1-4-50(59)65-34-12-8-6-10-32-63-43-22-26-45(27-23-43)69-54(61)41-18-14-39(15-19-41)37-67-48-30-31-49(53-52(48)71-56(72-53)47(36-57)58-3)68-38-40-16-20-42(21-17-40)55(62)70-46-28-24-44(25-29-46)64-33-11-7-9-13-35-66-51(60)5-2/h4-5,22-31,39-42H,1-2,6-21,32-35,37-38H2. The molecule has 0 aromatic heterocycles. The average molecular weight is 1020 g/mol. The Labute approximate surface area is 431 Å². The van der Waals surface area contributed by atoms with Crippen molar-refractivity contribution in [2.45, 2.75) is 113 Å². The molecule has 6 rings (SSSR count). The van der Waals surface area contributed by atoms with E-state index in [0.717, 1.165) is 99.0 Å². The first kappa shape index (κ1) is 55.0. The first-order valence-electron chi connectivity index (χ1n) is 24.9. The van der Waals surface area contributed by atoms with E-state index in [9.17, 15) is 24.4 Å². The number of esters is 4. The molecule has 0 radical (unpaired) electrons. The lowest BCUT2D eigenvalue weighted by molar-refractivity contribution is -0.141. The number of hydrogen-bond acceptors (Lipinski definition) is 15. The van der Waals surface area contributed by atoms with E-state index < -0.39 is 11.9 Å². The molecule has 1 heterocycles. The number of nitriles is 1. The SMILES string of the molecule is [C-]#[N+]C(C#N)=C1Sc2c(OCC3CCC(C(=O)Oc4ccc(OCCCCCCOC(=O)C=C)cc4)CC3)ccc(OCC3CCC(C(=O)Oc4ccc(OCCCCCCOC(=O)C=C)cc4)CC3)c2S1. The van der Waals surface area contributed by atoms with Crippen LogP contribution in [0.2, 0.25) is 0 Å². The number of benzene rings is 3. The van der Waals surface area contributed by atoms with Crippen molar-refractivity contribution in [3.63, 3.8) is 0 Å². The van der Waals surface area contributed by atoms with Crippen LogP contribution in [0.4, 0.5) is 0 Å². The molecule has 0 N–H and O–H groups in total. The summed E-state index contributed by atoms with van der Waals surface area (Å²) in [5, 5.41) is 9.71. The van der Waals surface area contributed by atoms with Crippen molar-refractivity contribution in [1.29, 1.82) is 5.26 Å². The predicted molar refractivity (Wildman–Crippen MR) is 274 cm³/mol. The van der Waals surface area contributed by atoms with E-state index in [-0.39, 0.29) is 41.3 Å². The monoisotopic (exact) mass is 1020 g/mol. The quantitative estimate of drug-likeness (QED) is 0.0168. The molecule has 0 atom stereocenters. The van der Waals surface area contributed by atoms with Gasteiger partial charge in [-0.15, -0.1) is 0 Å². The number of ether oxygens (including phenoxy) is 8. The zero-order valence-electron chi connectivity index (χ0n) is 40.8. The van der Waals surface area contributed by atoms with E-state index in [1.54, 1.807) is 48.5 Å². The Morgan fingerprint density at radius 2 is 0.931 bits per heavy atom. The fourth-order valence-electron chi connectivity index (χ4n) is 8.48. The molecule has 1 aliphatic heterocycles. The van der Waals surface area contributed by atoms with Gasteiger partial charge in [-0.3, -0.25) is 9.59 Å². The largest absolute Gasteiger partial charge is 0.494 e. The van der Waals surface area contributed by atoms with Crippen LogP contribution >= 0.6 is 23.5 Å². The second-order valence-electron chi connectivity index (χ2n) is 17.9. The maximum absolute atomic E-state index is 13.1. The van der Waals surface area contributed by atoms with E-state index in [2.05, 4.69) is 18.0 Å². The van der Waals surface area contributed by atoms with Crippen LogP contribution in [0.1, 0.15) is 103 Å². The molecule has 0 amide bonds. The first-order valence-corrected chi connectivity index (χ1v) is 26.6. The van der Waals surface area contributed by atoms with Gasteiger partial charge in [-0.05, 0) is 175 Å². The summed E-state index contributed by atoms with van der Waals surface area (Å²) in [6, 6.07) is 20.0. The highest BCUT2D eigenvalue weighted by molar-refractivity contribution is 8.24. The minimum Gasteiger partial charge on any atom is -0.494 e. The number of thioether (sulfide) groups is 2. The summed E-state index contributed by atoms with van der Waals surface area (Å²) in [5.41, 5.74) is 0.0257. The van der Waals surface area contributed by atoms with Crippen LogP contribution in [0, 0.1) is 41.6 Å². The fraction of sp³-hybridized carbons (Fsp3) is 0.464. The van der Waals surface area contributed by atoms with Crippen molar-refractivity contribution in [2.75, 3.05) is 39.6 Å². The van der Waals surface area contributed by atoms with E-state index in [1.807, 2.05) is 18.2 Å². The molecule has 0 saturated heterocycles. The average Bonchev–Trinajstić information content (AvgIpc) is 3.86. The number of carbonyl (C=O) groups is 4. The summed E-state index contributed by atoms with van der Waals surface area (Å²) < 4.78 is 46.6. The number of rotatable bonds is 28. The van der Waals surface area contributed by atoms with Gasteiger partial charge in [0, 0.05) is 12.2 Å². The Morgan fingerprint density at radius 1 is 0.556 bits per heavy atom. The van der Waals surface area contributed by atoms with Crippen LogP contribution in [0.3, 0.4) is 0 Å². The zero-order valence-corrected chi connectivity index (χ0v) is 42.5. The Morgan fingerprint density at radius 3 is 1.29 bits per heavy atom. The molecule has 0 bridgehead atoms. The molecule has 2 fully saturated rings. The molecule has 3 aromatic rings. The van der Waals surface area contributed by atoms with Gasteiger partial charge in [-0.2, -0.15) is 0 Å². The Bertz CT molecular complexity index is 2250. The molecule has 0 unspecified atom stereocenters. The van der Waals surface area contributed by atoms with Gasteiger partial charge in [0.15, 0.2) is 0 Å². The normalized spacial score (nSPS) is 17.9. The summed E-state index contributed by atoms with van der Waals surface area (Å²) >= 11 is 2.71. The van der Waals surface area contributed by atoms with Gasteiger partial charge >= 0.3 is 23.9 Å². The molecular weight excluding hydrogens is 957 g/mol. The van der Waals surface area contributed by atoms with E-state index in [0.29, 0.717) is 104 Å². The lowest BCUT2D eigenvalue weighted by Crippen LogP contribution is -2.28. The van der Waals surface area contributed by atoms with Gasteiger partial charge in [-0.1, -0.05) is 36.7 Å². The number of hydrogen-bond donors (Lipinski definition) is 0. The molecule has 2 saturated carbocycles. The van der Waals surface area contributed by atoms with Gasteiger partial charge in [0.05, 0.1) is 78.1 Å². The third-order valence-electron chi connectivity index (χ3n) is 12.7. The number of nitrogens with zero attached hydrogens (tertiary/aromatic N) is 2. The lowest BCUT2D eigenvalue weighted by atomic mass is 9.82. The van der Waals surface area contributed by atoms with Crippen LogP contribution in [-0.4, -0.2) is 63.5 Å². The fourth-order valence-corrected chi connectivity index (χ4v) is 11.0. The minimum atomic E-state index is -0.400. The van der Waals surface area contributed by atoms with Gasteiger partial charge in [0.25, 0.3) is 5.70 Å². The first-order chi connectivity index (χ1) is 35.2. The molecular formula is C56H64N2O12S2. The van der Waals surface area contributed by atoms with Gasteiger partial charge in [0.2, 0.25) is 0 Å². The highest BCUT2D eigenvalue weighted by Gasteiger charge is 2.33. The predicted octanol–water partition coefficient (Wildman–Crippen LogP) is 12.4. The van der Waals surface area contributed by atoms with Crippen LogP contribution in [0.15, 0.2) is 106 Å². The molecule has 3 aliphatic rings. The van der Waals surface area contributed by atoms with E-state index >= 15 is 0 Å². The second kappa shape index (κ2) is 29.9. The molecule has 382 valence electrons. The summed E-state index contributed by atoms with van der Waals surface area (Å²) in [6.07, 6.45) is 15.5. The second-order valence-corrected chi connectivity index (χ2v) is 20.2. The van der Waals surface area contributed by atoms with Gasteiger partial charge < -0.3 is 37.9 Å². The molecule has 0 spiro atoms. The zero-order chi connectivity index (χ0) is 50.9. The third kappa shape index (κ3) is 17.7. The van der Waals surface area contributed by atoms with E-state index in [1.165, 1.54) is 23.5 Å². The molecule has 2 aliphatic carbocycles. The summed E-state index contributed by atoms with van der Waals surface area (Å²) in [5.74, 6) is 2.51. The van der Waals surface area contributed by atoms with Crippen molar-refractivity contribution in [3.8, 4) is 40.6 Å². The van der Waals surface area contributed by atoms with Crippen molar-refractivity contribution in [3.05, 3.63) is 107 Å². The number of allylic oxidation sites excluding steroid dienone is 1. The maximum Gasteiger partial charge on any atom is 0.330 e. The Hall–Kier alpha value is -6.36. The maximum atomic E-state index is 13.1.